The first-order chi connectivity index (χ1) is 13.7. The van der Waals surface area contributed by atoms with Gasteiger partial charge in [-0.05, 0) is 18.6 Å². The average molecular weight is 431 g/mol. The van der Waals surface area contributed by atoms with Crippen LogP contribution in [0.5, 0.6) is 5.88 Å². The van der Waals surface area contributed by atoms with E-state index >= 15 is 0 Å². The third-order valence-corrected chi connectivity index (χ3v) is 4.93. The smallest absolute Gasteiger partial charge is 0.422 e. The van der Waals surface area contributed by atoms with Crippen LogP contribution >= 0.6 is 11.3 Å². The van der Waals surface area contributed by atoms with Crippen LogP contribution in [0.2, 0.25) is 0 Å². The number of hydrogen-bond acceptors (Lipinski definition) is 6. The summed E-state index contributed by atoms with van der Waals surface area (Å²) in [5, 5.41) is 6.05. The molecule has 0 fully saturated rings. The van der Waals surface area contributed by atoms with Gasteiger partial charge in [-0.1, -0.05) is 0 Å². The lowest BCUT2D eigenvalue weighted by molar-refractivity contribution is -0.154. The SMILES string of the molecule is CN=C(NCc1ccnc(OCC(F)(F)F)c1)N(C)Cc1csc(C(C)OC)n1. The molecule has 1 atom stereocenters. The molecule has 0 aliphatic rings. The second-order valence-corrected chi connectivity index (χ2v) is 7.11. The molecule has 1 N–H and O–H groups in total. The van der Waals surface area contributed by atoms with E-state index in [0.717, 1.165) is 16.3 Å². The molecule has 2 rings (SSSR count). The van der Waals surface area contributed by atoms with Gasteiger partial charge in [-0.25, -0.2) is 9.97 Å². The molecule has 7 nitrogen and oxygen atoms in total. The standard InChI is InChI=1S/C18H24F3N5O2S/c1-12(27-4)16-25-14(10-29-16)9-26(3)17(22-2)24-8-13-5-6-23-15(7-13)28-11-18(19,20)21/h5-7,10,12H,8-9,11H2,1-4H3,(H,22,24). The molecular formula is C18H24F3N5O2S. The van der Waals surface area contributed by atoms with E-state index < -0.39 is 12.8 Å². The van der Waals surface area contributed by atoms with Gasteiger partial charge < -0.3 is 19.7 Å². The van der Waals surface area contributed by atoms with Gasteiger partial charge in [0.1, 0.15) is 11.1 Å². The summed E-state index contributed by atoms with van der Waals surface area (Å²) in [6.45, 7) is 1.46. The number of halogens is 3. The van der Waals surface area contributed by atoms with Gasteiger partial charge in [-0.3, -0.25) is 4.99 Å². The molecule has 0 spiro atoms. The van der Waals surface area contributed by atoms with Crippen molar-refractivity contribution in [3.63, 3.8) is 0 Å². The highest BCUT2D eigenvalue weighted by molar-refractivity contribution is 7.09. The van der Waals surface area contributed by atoms with Crippen molar-refractivity contribution < 1.29 is 22.6 Å². The molecule has 0 aromatic carbocycles. The fourth-order valence-electron chi connectivity index (χ4n) is 2.36. The number of aliphatic imine (C=N–C) groups is 1. The predicted molar refractivity (Wildman–Crippen MR) is 105 cm³/mol. The lowest BCUT2D eigenvalue weighted by Crippen LogP contribution is -2.38. The van der Waals surface area contributed by atoms with E-state index in [4.69, 9.17) is 4.74 Å². The molecule has 11 heteroatoms. The first kappa shape index (κ1) is 22.9. The summed E-state index contributed by atoms with van der Waals surface area (Å²) in [5.74, 6) is 0.543. The highest BCUT2D eigenvalue weighted by Gasteiger charge is 2.28. The van der Waals surface area contributed by atoms with Crippen LogP contribution in [0, 0.1) is 0 Å². The number of nitrogens with one attached hydrogen (secondary N) is 1. The highest BCUT2D eigenvalue weighted by atomic mass is 32.1. The number of rotatable bonds is 8. The van der Waals surface area contributed by atoms with E-state index in [1.807, 2.05) is 24.3 Å². The van der Waals surface area contributed by atoms with Crippen LogP contribution in [0.15, 0.2) is 28.7 Å². The molecule has 29 heavy (non-hydrogen) atoms. The van der Waals surface area contributed by atoms with Crippen LogP contribution in [0.3, 0.4) is 0 Å². The summed E-state index contributed by atoms with van der Waals surface area (Å²) in [6.07, 6.45) is -3.06. The van der Waals surface area contributed by atoms with Gasteiger partial charge in [0.15, 0.2) is 12.6 Å². The Kier molecular flexibility index (Phi) is 8.21. The molecule has 2 aromatic rings. The van der Waals surface area contributed by atoms with Crippen molar-refractivity contribution in [1.82, 2.24) is 20.2 Å². The number of aromatic nitrogens is 2. The number of methoxy groups -OCH3 is 1. The lowest BCUT2D eigenvalue weighted by atomic mass is 10.2. The van der Waals surface area contributed by atoms with E-state index in [1.165, 1.54) is 23.6 Å². The Hall–Kier alpha value is -2.40. The number of guanidine groups is 1. The summed E-state index contributed by atoms with van der Waals surface area (Å²) in [7, 11) is 5.17. The highest BCUT2D eigenvalue weighted by Crippen LogP contribution is 2.21. The second-order valence-electron chi connectivity index (χ2n) is 6.22. The van der Waals surface area contributed by atoms with Gasteiger partial charge in [0.25, 0.3) is 0 Å². The number of nitrogens with zero attached hydrogens (tertiary/aromatic N) is 4. The van der Waals surface area contributed by atoms with Crippen molar-refractivity contribution >= 4 is 17.3 Å². The van der Waals surface area contributed by atoms with Crippen LogP contribution in [0.1, 0.15) is 29.3 Å². The number of pyridine rings is 1. The molecule has 0 aliphatic heterocycles. The van der Waals surface area contributed by atoms with Crippen molar-refractivity contribution in [1.29, 1.82) is 0 Å². The van der Waals surface area contributed by atoms with Gasteiger partial charge in [0, 0.05) is 45.4 Å². The molecule has 0 aliphatic carbocycles. The zero-order chi connectivity index (χ0) is 21.4. The molecule has 0 radical (unpaired) electrons. The largest absolute Gasteiger partial charge is 0.468 e. The third kappa shape index (κ3) is 7.50. The van der Waals surface area contributed by atoms with E-state index in [-0.39, 0.29) is 12.0 Å². The predicted octanol–water partition coefficient (Wildman–Crippen LogP) is 3.39. The van der Waals surface area contributed by atoms with Crippen molar-refractivity contribution in [2.24, 2.45) is 4.99 Å². The van der Waals surface area contributed by atoms with Crippen molar-refractivity contribution in [2.45, 2.75) is 32.3 Å². The molecule has 160 valence electrons. The zero-order valence-electron chi connectivity index (χ0n) is 16.7. The monoisotopic (exact) mass is 431 g/mol. The molecule has 2 heterocycles. The van der Waals surface area contributed by atoms with Crippen LogP contribution in [-0.4, -0.2) is 54.8 Å². The van der Waals surface area contributed by atoms with Gasteiger partial charge in [-0.15, -0.1) is 11.3 Å². The van der Waals surface area contributed by atoms with Crippen LogP contribution < -0.4 is 10.1 Å². The number of hydrogen-bond donors (Lipinski definition) is 1. The minimum absolute atomic E-state index is 0.0584. The molecule has 2 aromatic heterocycles. The van der Waals surface area contributed by atoms with Crippen molar-refractivity contribution in [3.8, 4) is 5.88 Å². The Morgan fingerprint density at radius 1 is 1.41 bits per heavy atom. The minimum Gasteiger partial charge on any atom is -0.468 e. The number of ether oxygens (including phenoxy) is 2. The normalized spacial score (nSPS) is 13.3. The van der Waals surface area contributed by atoms with Gasteiger partial charge in [-0.2, -0.15) is 13.2 Å². The van der Waals surface area contributed by atoms with Gasteiger partial charge in [0.2, 0.25) is 5.88 Å². The van der Waals surface area contributed by atoms with Crippen LogP contribution in [0.4, 0.5) is 13.2 Å². The maximum Gasteiger partial charge on any atom is 0.422 e. The average Bonchev–Trinajstić information content (AvgIpc) is 3.14. The van der Waals surface area contributed by atoms with Gasteiger partial charge in [0.05, 0.1) is 12.2 Å². The molecule has 0 saturated heterocycles. The van der Waals surface area contributed by atoms with Crippen molar-refractivity contribution in [2.75, 3.05) is 27.8 Å². The Morgan fingerprint density at radius 2 is 2.17 bits per heavy atom. The van der Waals surface area contributed by atoms with Crippen LogP contribution in [0.25, 0.3) is 0 Å². The Bertz CT molecular complexity index is 813. The van der Waals surface area contributed by atoms with E-state index in [9.17, 15) is 13.2 Å². The molecule has 0 amide bonds. The zero-order valence-corrected chi connectivity index (χ0v) is 17.5. The third-order valence-electron chi connectivity index (χ3n) is 3.88. The maximum atomic E-state index is 12.3. The van der Waals surface area contributed by atoms with E-state index in [1.54, 1.807) is 20.2 Å². The first-order valence-corrected chi connectivity index (χ1v) is 9.63. The fourth-order valence-corrected chi connectivity index (χ4v) is 3.20. The summed E-state index contributed by atoms with van der Waals surface area (Å²) in [4.78, 5) is 14.5. The molecule has 1 unspecified atom stereocenters. The number of alkyl halides is 3. The topological polar surface area (TPSA) is 71.9 Å². The van der Waals surface area contributed by atoms with E-state index in [0.29, 0.717) is 19.0 Å². The Balaban J connectivity index is 1.92. The molecular weight excluding hydrogens is 407 g/mol. The summed E-state index contributed by atoms with van der Waals surface area (Å²) in [6, 6.07) is 3.16. The molecule has 0 bridgehead atoms. The second kappa shape index (κ2) is 10.4. The quantitative estimate of drug-likeness (QED) is 0.510. The van der Waals surface area contributed by atoms with Crippen LogP contribution in [-0.2, 0) is 17.8 Å². The minimum atomic E-state index is -4.41. The number of thiazole rings is 1. The Labute approximate surface area is 171 Å². The van der Waals surface area contributed by atoms with E-state index in [2.05, 4.69) is 25.0 Å². The maximum absolute atomic E-state index is 12.3. The molecule has 0 saturated carbocycles. The summed E-state index contributed by atoms with van der Waals surface area (Å²) >= 11 is 1.54. The van der Waals surface area contributed by atoms with Gasteiger partial charge >= 0.3 is 6.18 Å². The van der Waals surface area contributed by atoms with Crippen molar-refractivity contribution in [3.05, 3.63) is 40.0 Å². The summed E-state index contributed by atoms with van der Waals surface area (Å²) in [5.41, 5.74) is 1.61. The fraction of sp³-hybridized carbons (Fsp3) is 0.500. The lowest BCUT2D eigenvalue weighted by Gasteiger charge is -2.21. The Morgan fingerprint density at radius 3 is 2.83 bits per heavy atom. The summed E-state index contributed by atoms with van der Waals surface area (Å²) < 4.78 is 46.8. The first-order valence-electron chi connectivity index (χ1n) is 8.75.